The summed E-state index contributed by atoms with van der Waals surface area (Å²) in [7, 11) is -3.67. The third-order valence-corrected chi connectivity index (χ3v) is 4.85. The van der Waals surface area contributed by atoms with E-state index >= 15 is 0 Å². The molecular weight excluding hydrogens is 274 g/mol. The lowest BCUT2D eigenvalue weighted by atomic mass is 10.2. The zero-order valence-corrected chi connectivity index (χ0v) is 11.5. The maximum Gasteiger partial charge on any atom is 0.268 e. The fraction of sp³-hybridized carbons (Fsp3) is 0.0667. The lowest BCUT2D eigenvalue weighted by Crippen LogP contribution is -2.35. The van der Waals surface area contributed by atoms with Crippen molar-refractivity contribution in [3.8, 4) is 5.75 Å². The van der Waals surface area contributed by atoms with Gasteiger partial charge < -0.3 is 4.74 Å². The summed E-state index contributed by atoms with van der Waals surface area (Å²) in [6.45, 7) is 3.96. The molecule has 0 N–H and O–H groups in total. The van der Waals surface area contributed by atoms with Crippen molar-refractivity contribution < 1.29 is 13.2 Å². The molecule has 0 unspecified atom stereocenters. The van der Waals surface area contributed by atoms with E-state index in [0.717, 1.165) is 0 Å². The van der Waals surface area contributed by atoms with Crippen LogP contribution in [0.15, 0.2) is 71.8 Å². The topological polar surface area (TPSA) is 46.6 Å². The Morgan fingerprint density at radius 1 is 1.00 bits per heavy atom. The predicted octanol–water partition coefficient (Wildman–Crippen LogP) is 2.79. The fourth-order valence-corrected chi connectivity index (χ4v) is 3.65. The maximum absolute atomic E-state index is 12.8. The Morgan fingerprint density at radius 2 is 1.65 bits per heavy atom. The highest BCUT2D eigenvalue weighted by Gasteiger charge is 2.32. The van der Waals surface area contributed by atoms with Gasteiger partial charge in [0.05, 0.1) is 16.3 Å². The van der Waals surface area contributed by atoms with Crippen LogP contribution in [-0.4, -0.2) is 15.0 Å². The number of fused-ring (bicyclic) bond motifs is 1. The number of rotatable bonds is 2. The lowest BCUT2D eigenvalue weighted by molar-refractivity contribution is 0.341. The van der Waals surface area contributed by atoms with Crippen LogP contribution in [0.3, 0.4) is 0 Å². The monoisotopic (exact) mass is 287 g/mol. The molecule has 0 aromatic heterocycles. The number of sulfonamides is 1. The van der Waals surface area contributed by atoms with Gasteiger partial charge in [0.15, 0.2) is 0 Å². The molecule has 102 valence electrons. The largest absolute Gasteiger partial charge is 0.485 e. The van der Waals surface area contributed by atoms with Crippen LogP contribution in [-0.2, 0) is 10.0 Å². The van der Waals surface area contributed by atoms with Crippen LogP contribution in [0.2, 0.25) is 0 Å². The molecule has 0 radical (unpaired) electrons. The summed E-state index contributed by atoms with van der Waals surface area (Å²) in [6, 6.07) is 15.3. The number of anilines is 1. The molecule has 1 heterocycles. The van der Waals surface area contributed by atoms with E-state index in [0.29, 0.717) is 17.1 Å². The van der Waals surface area contributed by atoms with E-state index in [1.807, 2.05) is 0 Å². The van der Waals surface area contributed by atoms with E-state index in [1.165, 1.54) is 4.31 Å². The Balaban J connectivity index is 2.17. The SMILES string of the molecule is C=C1COc2ccccc2N1S(=O)(=O)c1ccccc1. The molecule has 0 saturated heterocycles. The van der Waals surface area contributed by atoms with Gasteiger partial charge in [-0.2, -0.15) is 0 Å². The minimum atomic E-state index is -3.67. The van der Waals surface area contributed by atoms with E-state index in [1.54, 1.807) is 54.6 Å². The van der Waals surface area contributed by atoms with Gasteiger partial charge in [-0.25, -0.2) is 12.7 Å². The Hall–Kier alpha value is -2.27. The van der Waals surface area contributed by atoms with Crippen molar-refractivity contribution >= 4 is 15.7 Å². The molecule has 4 nitrogen and oxygen atoms in total. The second-order valence-electron chi connectivity index (χ2n) is 4.41. The Kier molecular flexibility index (Phi) is 2.99. The average Bonchev–Trinajstić information content (AvgIpc) is 2.47. The predicted molar refractivity (Wildman–Crippen MR) is 77.2 cm³/mol. The molecule has 0 atom stereocenters. The van der Waals surface area contributed by atoms with E-state index < -0.39 is 10.0 Å². The highest BCUT2D eigenvalue weighted by atomic mass is 32.2. The summed E-state index contributed by atoms with van der Waals surface area (Å²) in [5, 5.41) is 0. The minimum absolute atomic E-state index is 0.156. The van der Waals surface area contributed by atoms with Crippen LogP contribution in [0.5, 0.6) is 5.75 Å². The van der Waals surface area contributed by atoms with Gasteiger partial charge in [0.1, 0.15) is 12.4 Å². The first-order valence-corrected chi connectivity index (χ1v) is 7.55. The van der Waals surface area contributed by atoms with E-state index in [4.69, 9.17) is 4.74 Å². The molecule has 0 aliphatic carbocycles. The summed E-state index contributed by atoms with van der Waals surface area (Å²) in [6.07, 6.45) is 0. The number of ether oxygens (including phenoxy) is 1. The number of hydrogen-bond donors (Lipinski definition) is 0. The smallest absolute Gasteiger partial charge is 0.268 e. The highest BCUT2D eigenvalue weighted by molar-refractivity contribution is 7.93. The first-order valence-electron chi connectivity index (χ1n) is 6.11. The standard InChI is InChI=1S/C15H13NO3S/c1-12-11-19-15-10-6-5-9-14(15)16(12)20(17,18)13-7-3-2-4-8-13/h2-10H,1,11H2. The lowest BCUT2D eigenvalue weighted by Gasteiger charge is -2.31. The molecule has 2 aromatic carbocycles. The number of hydrogen-bond acceptors (Lipinski definition) is 3. The summed E-state index contributed by atoms with van der Waals surface area (Å²) >= 11 is 0. The molecule has 0 spiro atoms. The zero-order valence-electron chi connectivity index (χ0n) is 10.7. The van der Waals surface area contributed by atoms with Crippen LogP contribution >= 0.6 is 0 Å². The van der Waals surface area contributed by atoms with Crippen LogP contribution in [0, 0.1) is 0 Å². The fourth-order valence-electron chi connectivity index (χ4n) is 2.13. The molecule has 0 amide bonds. The maximum atomic E-state index is 12.8. The highest BCUT2D eigenvalue weighted by Crippen LogP contribution is 2.38. The van der Waals surface area contributed by atoms with Gasteiger partial charge in [0.25, 0.3) is 10.0 Å². The normalized spacial score (nSPS) is 14.6. The Morgan fingerprint density at radius 3 is 2.40 bits per heavy atom. The van der Waals surface area contributed by atoms with Gasteiger partial charge in [-0.15, -0.1) is 0 Å². The van der Waals surface area contributed by atoms with E-state index in [2.05, 4.69) is 6.58 Å². The molecular formula is C15H13NO3S. The van der Waals surface area contributed by atoms with E-state index in [-0.39, 0.29) is 11.5 Å². The molecule has 20 heavy (non-hydrogen) atoms. The molecule has 0 fully saturated rings. The first-order chi connectivity index (χ1) is 9.60. The molecule has 1 aliphatic heterocycles. The van der Waals surface area contributed by atoms with Crippen LogP contribution < -0.4 is 9.04 Å². The summed E-state index contributed by atoms with van der Waals surface area (Å²) in [4.78, 5) is 0.234. The van der Waals surface area contributed by atoms with Crippen LogP contribution in [0.25, 0.3) is 0 Å². The zero-order chi connectivity index (χ0) is 14.2. The van der Waals surface area contributed by atoms with Crippen molar-refractivity contribution in [2.45, 2.75) is 4.90 Å². The van der Waals surface area contributed by atoms with Gasteiger partial charge in [-0.05, 0) is 24.3 Å². The second-order valence-corrected chi connectivity index (χ2v) is 6.19. The Labute approximate surface area is 118 Å². The van der Waals surface area contributed by atoms with Gasteiger partial charge in [0.2, 0.25) is 0 Å². The molecule has 2 aromatic rings. The van der Waals surface area contributed by atoms with Crippen molar-refractivity contribution in [3.05, 3.63) is 66.9 Å². The number of para-hydroxylation sites is 2. The first kappa shape index (κ1) is 12.7. The van der Waals surface area contributed by atoms with Crippen molar-refractivity contribution in [1.29, 1.82) is 0 Å². The number of nitrogens with zero attached hydrogens (tertiary/aromatic N) is 1. The quantitative estimate of drug-likeness (QED) is 0.853. The summed E-state index contributed by atoms with van der Waals surface area (Å²) < 4.78 is 32.3. The van der Waals surface area contributed by atoms with Crippen molar-refractivity contribution in [1.82, 2.24) is 0 Å². The van der Waals surface area contributed by atoms with E-state index in [9.17, 15) is 8.42 Å². The van der Waals surface area contributed by atoms with Crippen molar-refractivity contribution in [2.24, 2.45) is 0 Å². The molecule has 0 bridgehead atoms. The van der Waals surface area contributed by atoms with Crippen molar-refractivity contribution in [3.63, 3.8) is 0 Å². The molecule has 0 saturated carbocycles. The molecule has 3 rings (SSSR count). The van der Waals surface area contributed by atoms with Gasteiger partial charge in [0, 0.05) is 0 Å². The average molecular weight is 287 g/mol. The van der Waals surface area contributed by atoms with Gasteiger partial charge in [-0.3, -0.25) is 0 Å². The summed E-state index contributed by atoms with van der Waals surface area (Å²) in [5.41, 5.74) is 0.889. The van der Waals surface area contributed by atoms with Crippen molar-refractivity contribution in [2.75, 3.05) is 10.9 Å². The molecule has 5 heteroatoms. The van der Waals surface area contributed by atoms with Gasteiger partial charge in [-0.1, -0.05) is 36.9 Å². The van der Waals surface area contributed by atoms with Crippen LogP contribution in [0.1, 0.15) is 0 Å². The minimum Gasteiger partial charge on any atom is -0.485 e. The molecule has 1 aliphatic rings. The third kappa shape index (κ3) is 1.96. The number of benzene rings is 2. The Bertz CT molecular complexity index is 754. The van der Waals surface area contributed by atoms with Gasteiger partial charge >= 0.3 is 0 Å². The van der Waals surface area contributed by atoms with Crippen LogP contribution in [0.4, 0.5) is 5.69 Å². The second kappa shape index (κ2) is 4.68. The third-order valence-electron chi connectivity index (χ3n) is 3.05. The summed E-state index contributed by atoms with van der Waals surface area (Å²) in [5.74, 6) is 0.541.